The number of pyridine rings is 1. The maximum Gasteiger partial charge on any atom is 0.418 e. The van der Waals surface area contributed by atoms with Crippen LogP contribution in [0.2, 0.25) is 0 Å². The highest BCUT2D eigenvalue weighted by molar-refractivity contribution is 5.36. The highest BCUT2D eigenvalue weighted by atomic mass is 19.4. The van der Waals surface area contributed by atoms with E-state index in [1.807, 2.05) is 0 Å². The molecule has 0 aliphatic rings. The van der Waals surface area contributed by atoms with Gasteiger partial charge in [0.1, 0.15) is 0 Å². The Bertz CT molecular complexity index is 454. The topological polar surface area (TPSA) is 36.7 Å². The molecule has 8 heteroatoms. The van der Waals surface area contributed by atoms with Crippen LogP contribution in [0.4, 0.5) is 26.3 Å². The summed E-state index contributed by atoms with van der Waals surface area (Å²) in [6, 6.07) is 1.59. The van der Waals surface area contributed by atoms with Crippen molar-refractivity contribution in [2.24, 2.45) is 0 Å². The molecule has 0 atom stereocenters. The van der Waals surface area contributed by atoms with Crippen LogP contribution in [-0.4, -0.2) is 4.98 Å². The zero-order chi connectivity index (χ0) is 13.3. The number of alkyl halides is 6. The van der Waals surface area contributed by atoms with E-state index in [0.29, 0.717) is 6.20 Å². The summed E-state index contributed by atoms with van der Waals surface area (Å²) in [5.41, 5.74) is -4.64. The smallest absolute Gasteiger partial charge is 0.260 e. The van der Waals surface area contributed by atoms with Crippen molar-refractivity contribution in [2.75, 3.05) is 0 Å². The molecule has 1 aromatic rings. The van der Waals surface area contributed by atoms with Crippen molar-refractivity contribution < 1.29 is 26.3 Å². The lowest BCUT2D eigenvalue weighted by Gasteiger charge is -2.17. The molecule has 2 nitrogen and oxygen atoms in total. The number of hydrogen-bond acceptors (Lipinski definition) is 2. The fourth-order valence-corrected chi connectivity index (χ4v) is 1.27. The molecule has 0 N–H and O–H groups in total. The number of rotatable bonds is 1. The van der Waals surface area contributed by atoms with Crippen LogP contribution in [0.15, 0.2) is 12.3 Å². The third-order valence-corrected chi connectivity index (χ3v) is 1.86. The van der Waals surface area contributed by atoms with Gasteiger partial charge >= 0.3 is 12.4 Å². The van der Waals surface area contributed by atoms with Gasteiger partial charge in [-0.2, -0.15) is 31.6 Å². The summed E-state index contributed by atoms with van der Waals surface area (Å²) in [4.78, 5) is 3.17. The van der Waals surface area contributed by atoms with Crippen molar-refractivity contribution in [3.05, 3.63) is 29.1 Å². The average molecular weight is 254 g/mol. The van der Waals surface area contributed by atoms with Crippen LogP contribution in [0.3, 0.4) is 0 Å². The number of aromatic nitrogens is 1. The van der Waals surface area contributed by atoms with Crippen molar-refractivity contribution in [2.45, 2.75) is 18.8 Å². The van der Waals surface area contributed by atoms with Crippen LogP contribution < -0.4 is 0 Å². The molecule has 0 aliphatic heterocycles. The first-order chi connectivity index (χ1) is 7.68. The first-order valence-electron chi connectivity index (χ1n) is 4.17. The normalized spacial score (nSPS) is 12.3. The Balaban J connectivity index is 3.53. The fraction of sp³-hybridized carbons (Fsp3) is 0.333. The summed E-state index contributed by atoms with van der Waals surface area (Å²) in [7, 11) is 0. The van der Waals surface area contributed by atoms with Crippen molar-refractivity contribution in [3.8, 4) is 6.07 Å². The van der Waals surface area contributed by atoms with E-state index in [1.165, 1.54) is 6.07 Å². The molecule has 0 fully saturated rings. The highest BCUT2D eigenvalue weighted by Crippen LogP contribution is 2.41. The zero-order valence-electron chi connectivity index (χ0n) is 8.02. The molecule has 0 saturated carbocycles. The largest absolute Gasteiger partial charge is 0.418 e. The van der Waals surface area contributed by atoms with Gasteiger partial charge in [-0.3, -0.25) is 4.98 Å². The predicted molar refractivity (Wildman–Crippen MR) is 43.6 cm³/mol. The zero-order valence-corrected chi connectivity index (χ0v) is 8.02. The molecular weight excluding hydrogens is 250 g/mol. The molecule has 1 heterocycles. The van der Waals surface area contributed by atoms with Crippen LogP contribution in [0.5, 0.6) is 0 Å². The maximum absolute atomic E-state index is 12.5. The number of halogens is 6. The van der Waals surface area contributed by atoms with Gasteiger partial charge in [0, 0.05) is 6.20 Å². The SMILES string of the molecule is N#CCc1nccc(C(F)(F)F)c1C(F)(F)F. The maximum atomic E-state index is 12.5. The Hall–Kier alpha value is -1.78. The summed E-state index contributed by atoms with van der Waals surface area (Å²) >= 11 is 0. The quantitative estimate of drug-likeness (QED) is 0.721. The predicted octanol–water partition coefficient (Wildman–Crippen LogP) is 3.19. The van der Waals surface area contributed by atoms with Gasteiger partial charge in [-0.25, -0.2) is 0 Å². The average Bonchev–Trinajstić information content (AvgIpc) is 2.14. The minimum Gasteiger partial charge on any atom is -0.260 e. The van der Waals surface area contributed by atoms with Gasteiger partial charge in [-0.15, -0.1) is 0 Å². The molecule has 1 aromatic heterocycles. The highest BCUT2D eigenvalue weighted by Gasteiger charge is 2.45. The van der Waals surface area contributed by atoms with E-state index in [-0.39, 0.29) is 6.07 Å². The van der Waals surface area contributed by atoms with E-state index >= 15 is 0 Å². The molecule has 92 valence electrons. The molecule has 1 rings (SSSR count). The summed E-state index contributed by atoms with van der Waals surface area (Å²) in [5.74, 6) is 0. The van der Waals surface area contributed by atoms with Gasteiger partial charge in [-0.1, -0.05) is 0 Å². The Morgan fingerprint density at radius 2 is 1.71 bits per heavy atom. The van der Waals surface area contributed by atoms with Crippen molar-refractivity contribution >= 4 is 0 Å². The second-order valence-electron chi connectivity index (χ2n) is 3.01. The molecule has 0 spiro atoms. The van der Waals surface area contributed by atoms with E-state index in [2.05, 4.69) is 4.98 Å². The molecular formula is C9H4F6N2. The Morgan fingerprint density at radius 3 is 2.12 bits per heavy atom. The molecule has 0 aliphatic carbocycles. The minimum absolute atomic E-state index is 0.240. The third-order valence-electron chi connectivity index (χ3n) is 1.86. The number of hydrogen-bond donors (Lipinski definition) is 0. The van der Waals surface area contributed by atoms with Crippen molar-refractivity contribution in [1.29, 1.82) is 5.26 Å². The minimum atomic E-state index is -5.20. The van der Waals surface area contributed by atoms with E-state index in [1.54, 1.807) is 0 Å². The van der Waals surface area contributed by atoms with Crippen LogP contribution in [0.25, 0.3) is 0 Å². The summed E-state index contributed by atoms with van der Waals surface area (Å²) in [6.07, 6.45) is -10.6. The molecule has 0 bridgehead atoms. The van der Waals surface area contributed by atoms with Crippen molar-refractivity contribution in [1.82, 2.24) is 4.98 Å². The van der Waals surface area contributed by atoms with Crippen LogP contribution in [-0.2, 0) is 18.8 Å². The molecule has 17 heavy (non-hydrogen) atoms. The monoisotopic (exact) mass is 254 g/mol. The van der Waals surface area contributed by atoms with Crippen molar-refractivity contribution in [3.63, 3.8) is 0 Å². The van der Waals surface area contributed by atoms with Crippen LogP contribution >= 0.6 is 0 Å². The summed E-state index contributed by atoms with van der Waals surface area (Å²) in [5, 5.41) is 8.26. The second-order valence-corrected chi connectivity index (χ2v) is 3.01. The van der Waals surface area contributed by atoms with Gasteiger partial charge in [0.05, 0.1) is 29.3 Å². The van der Waals surface area contributed by atoms with Gasteiger partial charge in [0.2, 0.25) is 0 Å². The van der Waals surface area contributed by atoms with Gasteiger partial charge < -0.3 is 0 Å². The fourth-order valence-electron chi connectivity index (χ4n) is 1.27. The Morgan fingerprint density at radius 1 is 1.12 bits per heavy atom. The molecule has 0 unspecified atom stereocenters. The standard InChI is InChI=1S/C9H4F6N2/c10-8(11,12)5-2-4-17-6(1-3-16)7(5)9(13,14)15/h2,4H,1H2. The summed E-state index contributed by atoms with van der Waals surface area (Å²) in [6.45, 7) is 0. The third kappa shape index (κ3) is 2.87. The first-order valence-corrected chi connectivity index (χ1v) is 4.17. The second kappa shape index (κ2) is 4.24. The van der Waals surface area contributed by atoms with Crippen LogP contribution in [0.1, 0.15) is 16.8 Å². The van der Waals surface area contributed by atoms with Gasteiger partial charge in [-0.05, 0) is 6.07 Å². The lowest BCUT2D eigenvalue weighted by atomic mass is 10.0. The van der Waals surface area contributed by atoms with E-state index in [0.717, 1.165) is 0 Å². The Labute approximate surface area is 91.5 Å². The van der Waals surface area contributed by atoms with Gasteiger partial charge in [0.25, 0.3) is 0 Å². The van der Waals surface area contributed by atoms with E-state index in [9.17, 15) is 26.3 Å². The number of nitriles is 1. The first kappa shape index (κ1) is 13.3. The Kier molecular flexibility index (Phi) is 3.31. The lowest BCUT2D eigenvalue weighted by molar-refractivity contribution is -0.162. The number of nitrogens with zero attached hydrogens (tertiary/aromatic N) is 2. The lowest BCUT2D eigenvalue weighted by Crippen LogP contribution is -2.19. The molecule has 0 saturated heterocycles. The van der Waals surface area contributed by atoms with E-state index < -0.39 is 35.6 Å². The molecule has 0 radical (unpaired) electrons. The molecule has 0 aromatic carbocycles. The van der Waals surface area contributed by atoms with Crippen LogP contribution in [0, 0.1) is 11.3 Å². The van der Waals surface area contributed by atoms with Gasteiger partial charge in [0.15, 0.2) is 0 Å². The molecule has 0 amide bonds. The summed E-state index contributed by atoms with van der Waals surface area (Å²) < 4.78 is 74.7. The van der Waals surface area contributed by atoms with E-state index in [4.69, 9.17) is 5.26 Å².